The minimum Gasteiger partial charge on any atom is -0.479 e. The van der Waals surface area contributed by atoms with Crippen LogP contribution >= 0.6 is 0 Å². The fourth-order valence-corrected chi connectivity index (χ4v) is 1.54. The van der Waals surface area contributed by atoms with E-state index in [2.05, 4.69) is 15.0 Å². The highest BCUT2D eigenvalue weighted by atomic mass is 16.4. The summed E-state index contributed by atoms with van der Waals surface area (Å²) in [6.45, 7) is -0.165. The number of carboxylic acid groups (broad SMARTS) is 1. The van der Waals surface area contributed by atoms with Crippen LogP contribution in [0.15, 0.2) is 12.7 Å². The van der Waals surface area contributed by atoms with Crippen molar-refractivity contribution in [1.29, 1.82) is 0 Å². The van der Waals surface area contributed by atoms with Crippen molar-refractivity contribution < 1.29 is 24.7 Å². The van der Waals surface area contributed by atoms with Crippen molar-refractivity contribution in [2.24, 2.45) is 0 Å². The monoisotopic (exact) mass is 254 g/mol. The van der Waals surface area contributed by atoms with Crippen LogP contribution in [0.2, 0.25) is 0 Å². The van der Waals surface area contributed by atoms with Crippen LogP contribution in [0.1, 0.15) is 0 Å². The standard InChI is InChI=1S/C9H11N5O4/c10-7-5-8(12-2-11-5)14(3-13-7)1-4(15)6(16)9(17)18/h2-4,6,15-16H,1H2,(H3,10,11,12,17,18)/p+1/t4-,6+/m1/s1. The Hall–Kier alpha value is -2.26. The van der Waals surface area contributed by atoms with Gasteiger partial charge in [-0.05, 0) is 0 Å². The molecule has 2 aromatic rings. The Morgan fingerprint density at radius 3 is 2.89 bits per heavy atom. The number of aliphatic carboxylic acids is 1. The molecule has 2 heterocycles. The molecule has 0 aliphatic rings. The molecule has 9 nitrogen and oxygen atoms in total. The minimum atomic E-state index is -1.87. The fourth-order valence-electron chi connectivity index (χ4n) is 1.54. The molecule has 0 fully saturated rings. The second-order valence-corrected chi connectivity index (χ2v) is 3.73. The molecule has 0 unspecified atom stereocenters. The van der Waals surface area contributed by atoms with E-state index < -0.39 is 18.2 Å². The maximum Gasteiger partial charge on any atom is 0.335 e. The Morgan fingerprint density at radius 2 is 2.22 bits per heavy atom. The number of fused-ring (bicyclic) bond motifs is 1. The second kappa shape index (κ2) is 4.55. The van der Waals surface area contributed by atoms with E-state index in [1.165, 1.54) is 17.2 Å². The number of aromatic amines is 1. The molecule has 0 saturated carbocycles. The van der Waals surface area contributed by atoms with Gasteiger partial charge in [0.1, 0.15) is 12.6 Å². The quantitative estimate of drug-likeness (QED) is 0.383. The fraction of sp³-hybridized carbons (Fsp3) is 0.333. The van der Waals surface area contributed by atoms with Crippen molar-refractivity contribution in [2.75, 3.05) is 5.73 Å². The average Bonchev–Trinajstić information content (AvgIpc) is 2.81. The summed E-state index contributed by atoms with van der Waals surface area (Å²) >= 11 is 0. The van der Waals surface area contributed by atoms with Gasteiger partial charge >= 0.3 is 5.97 Å². The molecule has 2 rings (SSSR count). The highest BCUT2D eigenvalue weighted by molar-refractivity contribution is 5.78. The van der Waals surface area contributed by atoms with Gasteiger partial charge in [0.15, 0.2) is 17.9 Å². The molecule has 0 radical (unpaired) electrons. The summed E-state index contributed by atoms with van der Waals surface area (Å²) in [6.07, 6.45) is -0.628. The lowest BCUT2D eigenvalue weighted by atomic mass is 10.2. The van der Waals surface area contributed by atoms with Gasteiger partial charge in [-0.2, -0.15) is 0 Å². The van der Waals surface area contributed by atoms with Crippen LogP contribution in [0, 0.1) is 0 Å². The molecule has 18 heavy (non-hydrogen) atoms. The van der Waals surface area contributed by atoms with Crippen molar-refractivity contribution in [3.05, 3.63) is 12.7 Å². The maximum absolute atomic E-state index is 10.5. The van der Waals surface area contributed by atoms with Gasteiger partial charge in [0.2, 0.25) is 12.1 Å². The molecule has 2 aromatic heterocycles. The van der Waals surface area contributed by atoms with Gasteiger partial charge in [-0.15, -0.1) is 0 Å². The van der Waals surface area contributed by atoms with Crippen LogP contribution in [0.3, 0.4) is 0 Å². The Kier molecular flexibility index (Phi) is 3.08. The van der Waals surface area contributed by atoms with Crippen molar-refractivity contribution in [3.8, 4) is 0 Å². The first kappa shape index (κ1) is 12.2. The number of nitrogen functional groups attached to an aromatic ring is 1. The molecule has 0 bridgehead atoms. The number of H-pyrrole nitrogens is 1. The third kappa shape index (κ3) is 2.08. The number of aliphatic hydroxyl groups is 2. The number of nitrogens with two attached hydrogens (primary N) is 1. The maximum atomic E-state index is 10.5. The third-order valence-corrected chi connectivity index (χ3v) is 2.48. The van der Waals surface area contributed by atoms with E-state index in [4.69, 9.17) is 10.8 Å². The third-order valence-electron chi connectivity index (χ3n) is 2.48. The number of aromatic nitrogens is 4. The Balaban J connectivity index is 2.30. The number of aliphatic hydroxyl groups excluding tert-OH is 2. The van der Waals surface area contributed by atoms with Gasteiger partial charge in [0.05, 0.1) is 0 Å². The molecule has 0 spiro atoms. The number of anilines is 1. The Bertz CT molecular complexity index is 583. The van der Waals surface area contributed by atoms with Crippen LogP contribution in [0.5, 0.6) is 0 Å². The smallest absolute Gasteiger partial charge is 0.335 e. The summed E-state index contributed by atoms with van der Waals surface area (Å²) in [6, 6.07) is 0. The largest absolute Gasteiger partial charge is 0.479 e. The van der Waals surface area contributed by atoms with Gasteiger partial charge in [-0.25, -0.2) is 9.36 Å². The minimum absolute atomic E-state index is 0.165. The predicted molar refractivity (Wildman–Crippen MR) is 58.1 cm³/mol. The van der Waals surface area contributed by atoms with E-state index in [-0.39, 0.29) is 12.4 Å². The van der Waals surface area contributed by atoms with Crippen LogP contribution < -0.4 is 10.3 Å². The SMILES string of the molecule is Nc1nc[n+](C[C@@H](O)[C@H](O)C(=O)O)c2nc[nH]c12. The van der Waals surface area contributed by atoms with Crippen LogP contribution in [-0.4, -0.2) is 48.4 Å². The summed E-state index contributed by atoms with van der Waals surface area (Å²) in [5.41, 5.74) is 6.50. The molecule has 0 aliphatic carbocycles. The molecule has 0 amide bonds. The molecule has 2 atom stereocenters. The number of carboxylic acids is 1. The number of imidazole rings is 1. The topological polar surface area (TPSA) is 149 Å². The summed E-state index contributed by atoms with van der Waals surface area (Å²) in [4.78, 5) is 21.1. The lowest BCUT2D eigenvalue weighted by Crippen LogP contribution is -2.47. The molecule has 0 aliphatic heterocycles. The summed E-state index contributed by atoms with van der Waals surface area (Å²) in [7, 11) is 0. The molecule has 9 heteroatoms. The van der Waals surface area contributed by atoms with E-state index in [9.17, 15) is 15.0 Å². The highest BCUT2D eigenvalue weighted by Crippen LogP contribution is 2.09. The van der Waals surface area contributed by atoms with Gasteiger partial charge in [-0.3, -0.25) is 0 Å². The predicted octanol–water partition coefficient (Wildman–Crippen LogP) is -2.37. The molecule has 0 saturated heterocycles. The number of hydrogen-bond acceptors (Lipinski definition) is 6. The summed E-state index contributed by atoms with van der Waals surface area (Å²) in [5, 5.41) is 27.3. The van der Waals surface area contributed by atoms with Gasteiger partial charge < -0.3 is 26.0 Å². The summed E-state index contributed by atoms with van der Waals surface area (Å²) < 4.78 is 1.40. The molecular weight excluding hydrogens is 242 g/mol. The second-order valence-electron chi connectivity index (χ2n) is 3.73. The molecule has 6 N–H and O–H groups in total. The molecular formula is C9H12N5O4+. The Labute approximate surface area is 101 Å². The van der Waals surface area contributed by atoms with Crippen molar-refractivity contribution in [1.82, 2.24) is 15.0 Å². The van der Waals surface area contributed by atoms with Crippen molar-refractivity contribution in [3.63, 3.8) is 0 Å². The number of nitrogens with zero attached hydrogens (tertiary/aromatic N) is 3. The number of nitrogens with one attached hydrogen (secondary N) is 1. The Morgan fingerprint density at radius 1 is 1.50 bits per heavy atom. The van der Waals surface area contributed by atoms with E-state index in [0.29, 0.717) is 11.2 Å². The zero-order valence-corrected chi connectivity index (χ0v) is 9.19. The first-order valence-electron chi connectivity index (χ1n) is 5.06. The normalized spacial score (nSPS) is 14.6. The van der Waals surface area contributed by atoms with Crippen LogP contribution in [0.25, 0.3) is 11.2 Å². The van der Waals surface area contributed by atoms with Gasteiger partial charge in [0.25, 0.3) is 5.65 Å². The van der Waals surface area contributed by atoms with E-state index >= 15 is 0 Å². The number of carbonyl (C=O) groups is 1. The molecule has 0 aromatic carbocycles. The average molecular weight is 254 g/mol. The lowest BCUT2D eigenvalue weighted by Gasteiger charge is -2.12. The first-order chi connectivity index (χ1) is 8.50. The van der Waals surface area contributed by atoms with E-state index in [1.807, 2.05) is 0 Å². The van der Waals surface area contributed by atoms with Gasteiger partial charge in [-0.1, -0.05) is 9.97 Å². The van der Waals surface area contributed by atoms with Gasteiger partial charge in [0, 0.05) is 0 Å². The van der Waals surface area contributed by atoms with E-state index in [0.717, 1.165) is 0 Å². The lowest BCUT2D eigenvalue weighted by molar-refractivity contribution is -0.683. The number of hydrogen-bond donors (Lipinski definition) is 5. The van der Waals surface area contributed by atoms with E-state index in [1.54, 1.807) is 0 Å². The first-order valence-corrected chi connectivity index (χ1v) is 5.06. The van der Waals surface area contributed by atoms with Crippen molar-refractivity contribution in [2.45, 2.75) is 18.8 Å². The number of rotatable bonds is 4. The molecule has 96 valence electrons. The highest BCUT2D eigenvalue weighted by Gasteiger charge is 2.26. The van der Waals surface area contributed by atoms with Crippen LogP contribution in [-0.2, 0) is 11.3 Å². The summed E-state index contributed by atoms with van der Waals surface area (Å²) in [5.74, 6) is -1.25. The zero-order valence-electron chi connectivity index (χ0n) is 9.19. The van der Waals surface area contributed by atoms with Crippen LogP contribution in [0.4, 0.5) is 5.82 Å². The zero-order chi connectivity index (χ0) is 13.3. The van der Waals surface area contributed by atoms with Crippen molar-refractivity contribution >= 4 is 23.0 Å².